The monoisotopic (exact) mass is 340 g/mol. The Bertz CT molecular complexity index is 775. The van der Waals surface area contributed by atoms with E-state index in [-0.39, 0.29) is 17.0 Å². The van der Waals surface area contributed by atoms with Crippen molar-refractivity contribution in [2.75, 3.05) is 5.32 Å². The minimum atomic E-state index is -0.443. The maximum Gasteiger partial charge on any atom is 0.274 e. The van der Waals surface area contributed by atoms with Crippen LogP contribution in [0.15, 0.2) is 42.5 Å². The number of carbonyl (C=O) groups excluding carboxylic acids is 1. The Labute approximate surface area is 148 Å². The zero-order valence-corrected chi connectivity index (χ0v) is 15.1. The number of anilines is 1. The first-order valence-corrected chi connectivity index (χ1v) is 8.32. The summed E-state index contributed by atoms with van der Waals surface area (Å²) in [4.78, 5) is 22.7. The van der Waals surface area contributed by atoms with Crippen molar-refractivity contribution in [3.8, 4) is 0 Å². The normalized spacial score (nSPS) is 11.2. The van der Waals surface area contributed by atoms with Crippen LogP contribution in [0.25, 0.3) is 0 Å². The number of nitro groups is 1. The van der Waals surface area contributed by atoms with Gasteiger partial charge in [0.05, 0.1) is 16.2 Å². The highest BCUT2D eigenvalue weighted by Crippen LogP contribution is 2.25. The molecule has 2 aromatic carbocycles. The third-order valence-electron chi connectivity index (χ3n) is 4.24. The summed E-state index contributed by atoms with van der Waals surface area (Å²) in [6.45, 7) is 8.13. The summed E-state index contributed by atoms with van der Waals surface area (Å²) >= 11 is 0. The number of amides is 1. The van der Waals surface area contributed by atoms with E-state index in [2.05, 4.69) is 38.2 Å². The predicted octanol–water partition coefficient (Wildman–Crippen LogP) is 4.77. The van der Waals surface area contributed by atoms with Crippen LogP contribution in [-0.2, 0) is 16.6 Å². The van der Waals surface area contributed by atoms with Crippen molar-refractivity contribution >= 4 is 17.3 Å². The molecule has 0 aliphatic heterocycles. The molecule has 0 heterocycles. The maximum atomic E-state index is 12.2. The van der Waals surface area contributed by atoms with Crippen molar-refractivity contribution in [1.82, 2.24) is 0 Å². The summed E-state index contributed by atoms with van der Waals surface area (Å²) in [5.74, 6) is -0.150. The number of nitrogens with one attached hydrogen (secondary N) is 1. The van der Waals surface area contributed by atoms with Gasteiger partial charge in [-0.25, -0.2) is 0 Å². The van der Waals surface area contributed by atoms with Gasteiger partial charge in [-0.1, -0.05) is 51.1 Å². The number of carbonyl (C=O) groups is 1. The van der Waals surface area contributed by atoms with Crippen LogP contribution in [0.3, 0.4) is 0 Å². The van der Waals surface area contributed by atoms with E-state index in [1.54, 1.807) is 19.1 Å². The number of benzene rings is 2. The first-order valence-electron chi connectivity index (χ1n) is 8.32. The van der Waals surface area contributed by atoms with E-state index >= 15 is 0 Å². The minimum Gasteiger partial charge on any atom is -0.326 e. The van der Waals surface area contributed by atoms with Crippen LogP contribution in [-0.4, -0.2) is 10.8 Å². The highest BCUT2D eigenvalue weighted by Gasteiger charge is 2.15. The van der Waals surface area contributed by atoms with E-state index < -0.39 is 4.92 Å². The fraction of sp³-hybridized carbons (Fsp3) is 0.350. The van der Waals surface area contributed by atoms with E-state index in [1.807, 2.05) is 12.1 Å². The summed E-state index contributed by atoms with van der Waals surface area (Å²) < 4.78 is 0. The van der Waals surface area contributed by atoms with Crippen molar-refractivity contribution < 1.29 is 9.72 Å². The molecule has 2 aromatic rings. The smallest absolute Gasteiger partial charge is 0.274 e. The van der Waals surface area contributed by atoms with Crippen LogP contribution in [0.5, 0.6) is 0 Å². The quantitative estimate of drug-likeness (QED) is 0.629. The van der Waals surface area contributed by atoms with Crippen molar-refractivity contribution in [1.29, 1.82) is 0 Å². The molecule has 132 valence electrons. The van der Waals surface area contributed by atoms with Crippen LogP contribution in [0.2, 0.25) is 0 Å². The second-order valence-electron chi connectivity index (χ2n) is 7.20. The molecule has 1 N–H and O–H groups in total. The van der Waals surface area contributed by atoms with E-state index in [4.69, 9.17) is 0 Å². The van der Waals surface area contributed by atoms with Gasteiger partial charge in [0.1, 0.15) is 0 Å². The van der Waals surface area contributed by atoms with Crippen molar-refractivity contribution in [2.45, 2.75) is 46.0 Å². The van der Waals surface area contributed by atoms with Crippen molar-refractivity contribution in [2.24, 2.45) is 0 Å². The molecule has 0 aliphatic rings. The SMILES string of the molecule is Cc1c(NC(=O)CCc2ccc(C(C)(C)C)cc2)cccc1[N+](=O)[O-]. The number of hydrogen-bond acceptors (Lipinski definition) is 3. The molecule has 0 radical (unpaired) electrons. The van der Waals surface area contributed by atoms with Crippen LogP contribution < -0.4 is 5.32 Å². The molecule has 0 fully saturated rings. The van der Waals surface area contributed by atoms with Crippen LogP contribution in [0, 0.1) is 17.0 Å². The molecule has 0 aliphatic carbocycles. The Balaban J connectivity index is 1.97. The van der Waals surface area contributed by atoms with E-state index in [0.29, 0.717) is 24.1 Å². The molecule has 5 nitrogen and oxygen atoms in total. The maximum absolute atomic E-state index is 12.2. The Morgan fingerprint density at radius 3 is 2.32 bits per heavy atom. The first kappa shape index (κ1) is 18.6. The lowest BCUT2D eigenvalue weighted by Crippen LogP contribution is -2.14. The molecule has 5 heteroatoms. The summed E-state index contributed by atoms with van der Waals surface area (Å²) in [7, 11) is 0. The highest BCUT2D eigenvalue weighted by atomic mass is 16.6. The molecular weight excluding hydrogens is 316 g/mol. The van der Waals surface area contributed by atoms with Gasteiger partial charge < -0.3 is 5.32 Å². The van der Waals surface area contributed by atoms with Gasteiger partial charge in [-0.3, -0.25) is 14.9 Å². The van der Waals surface area contributed by atoms with Gasteiger partial charge in [-0.05, 0) is 36.0 Å². The third-order valence-corrected chi connectivity index (χ3v) is 4.24. The van der Waals surface area contributed by atoms with Gasteiger partial charge in [0.25, 0.3) is 5.69 Å². The summed E-state index contributed by atoms with van der Waals surface area (Å²) in [5, 5.41) is 13.7. The van der Waals surface area contributed by atoms with Crippen LogP contribution in [0.1, 0.15) is 43.9 Å². The summed E-state index contributed by atoms with van der Waals surface area (Å²) in [6, 6.07) is 13.0. The van der Waals surface area contributed by atoms with Gasteiger partial charge >= 0.3 is 0 Å². The largest absolute Gasteiger partial charge is 0.326 e. The summed E-state index contributed by atoms with van der Waals surface area (Å²) in [5.41, 5.74) is 3.43. The number of rotatable bonds is 5. The standard InChI is InChI=1S/C20H24N2O3/c1-14-17(6-5-7-18(14)22(24)25)21-19(23)13-10-15-8-11-16(12-9-15)20(2,3)4/h5-9,11-12H,10,13H2,1-4H3,(H,21,23). The molecule has 0 atom stereocenters. The van der Waals surface area contributed by atoms with Gasteiger partial charge in [-0.15, -0.1) is 0 Å². The molecule has 0 aromatic heterocycles. The topological polar surface area (TPSA) is 72.2 Å². The first-order chi connectivity index (χ1) is 11.7. The summed E-state index contributed by atoms with van der Waals surface area (Å²) in [6.07, 6.45) is 0.960. The molecule has 0 bridgehead atoms. The molecular formula is C20H24N2O3. The molecule has 0 spiro atoms. The van der Waals surface area contributed by atoms with E-state index in [9.17, 15) is 14.9 Å². The second-order valence-corrected chi connectivity index (χ2v) is 7.20. The molecule has 2 rings (SSSR count). The van der Waals surface area contributed by atoms with Gasteiger partial charge in [0.15, 0.2) is 0 Å². The molecule has 0 saturated heterocycles. The minimum absolute atomic E-state index is 0.00979. The van der Waals surface area contributed by atoms with E-state index in [0.717, 1.165) is 5.56 Å². The Morgan fingerprint density at radius 1 is 1.12 bits per heavy atom. The zero-order chi connectivity index (χ0) is 18.6. The Morgan fingerprint density at radius 2 is 1.76 bits per heavy atom. The van der Waals surface area contributed by atoms with E-state index in [1.165, 1.54) is 11.6 Å². The fourth-order valence-electron chi connectivity index (χ4n) is 2.60. The number of nitro benzene ring substituents is 1. The predicted molar refractivity (Wildman–Crippen MR) is 99.9 cm³/mol. The lowest BCUT2D eigenvalue weighted by molar-refractivity contribution is -0.385. The average molecular weight is 340 g/mol. The van der Waals surface area contributed by atoms with Gasteiger partial charge in [0.2, 0.25) is 5.91 Å². The molecule has 0 saturated carbocycles. The molecule has 1 amide bonds. The molecule has 25 heavy (non-hydrogen) atoms. The lowest BCUT2D eigenvalue weighted by Gasteiger charge is -2.19. The average Bonchev–Trinajstić information content (AvgIpc) is 2.54. The third kappa shape index (κ3) is 4.89. The van der Waals surface area contributed by atoms with Crippen molar-refractivity contribution in [3.05, 3.63) is 69.3 Å². The van der Waals surface area contributed by atoms with Gasteiger partial charge in [-0.2, -0.15) is 0 Å². The van der Waals surface area contributed by atoms with Crippen molar-refractivity contribution in [3.63, 3.8) is 0 Å². The fourth-order valence-corrected chi connectivity index (χ4v) is 2.60. The zero-order valence-electron chi connectivity index (χ0n) is 15.1. The van der Waals surface area contributed by atoms with Crippen LogP contribution in [0.4, 0.5) is 11.4 Å². The highest BCUT2D eigenvalue weighted by molar-refractivity contribution is 5.92. The van der Waals surface area contributed by atoms with Gasteiger partial charge in [0, 0.05) is 12.5 Å². The number of nitrogens with zero attached hydrogens (tertiary/aromatic N) is 1. The van der Waals surface area contributed by atoms with Crippen LogP contribution >= 0.6 is 0 Å². The Kier molecular flexibility index (Phi) is 5.57. The number of aryl methyl sites for hydroxylation is 1. The number of hydrogen-bond donors (Lipinski definition) is 1. The second kappa shape index (κ2) is 7.47. The lowest BCUT2D eigenvalue weighted by atomic mass is 9.86. The Hall–Kier alpha value is -2.69. The molecule has 0 unspecified atom stereocenters.